The SMILES string of the molecule is CC1(C)C(=O)CCc2c(C(F)(F)F)cc(C(F)(F)F)cc21. The third-order valence-electron chi connectivity index (χ3n) is 3.86. The molecular weight excluding hydrogens is 298 g/mol. The van der Waals surface area contributed by atoms with E-state index in [1.165, 1.54) is 13.8 Å². The van der Waals surface area contributed by atoms with E-state index >= 15 is 0 Å². The van der Waals surface area contributed by atoms with Crippen molar-refractivity contribution in [2.45, 2.75) is 44.5 Å². The maximum Gasteiger partial charge on any atom is 0.416 e. The van der Waals surface area contributed by atoms with E-state index in [9.17, 15) is 31.1 Å². The van der Waals surface area contributed by atoms with Crippen molar-refractivity contribution in [3.05, 3.63) is 34.4 Å². The summed E-state index contributed by atoms with van der Waals surface area (Å²) in [7, 11) is 0. The Morgan fingerprint density at radius 3 is 2.00 bits per heavy atom. The number of alkyl halides is 6. The van der Waals surface area contributed by atoms with E-state index in [0.717, 1.165) is 0 Å². The molecule has 0 N–H and O–H groups in total. The fourth-order valence-electron chi connectivity index (χ4n) is 2.62. The predicted octanol–water partition coefficient (Wildman–Crippen LogP) is 4.52. The summed E-state index contributed by atoms with van der Waals surface area (Å²) in [5, 5.41) is 0. The van der Waals surface area contributed by atoms with Gasteiger partial charge in [-0.05, 0) is 43.5 Å². The Morgan fingerprint density at radius 1 is 0.952 bits per heavy atom. The average molecular weight is 310 g/mol. The van der Waals surface area contributed by atoms with Crippen molar-refractivity contribution in [2.75, 3.05) is 0 Å². The number of hydrogen-bond donors (Lipinski definition) is 0. The monoisotopic (exact) mass is 310 g/mol. The van der Waals surface area contributed by atoms with Crippen LogP contribution in [0.3, 0.4) is 0 Å². The van der Waals surface area contributed by atoms with E-state index in [1.54, 1.807) is 0 Å². The first-order valence-electron chi connectivity index (χ1n) is 6.20. The fraction of sp³-hybridized carbons (Fsp3) is 0.500. The summed E-state index contributed by atoms with van der Waals surface area (Å²) in [6.07, 6.45) is -10.1. The second-order valence-corrected chi connectivity index (χ2v) is 5.59. The molecule has 0 aromatic heterocycles. The lowest BCUT2D eigenvalue weighted by molar-refractivity contribution is -0.144. The van der Waals surface area contributed by atoms with Gasteiger partial charge >= 0.3 is 12.4 Å². The van der Waals surface area contributed by atoms with Crippen LogP contribution in [0.1, 0.15) is 42.5 Å². The van der Waals surface area contributed by atoms with Gasteiger partial charge in [0.15, 0.2) is 0 Å². The van der Waals surface area contributed by atoms with E-state index in [4.69, 9.17) is 0 Å². The second kappa shape index (κ2) is 4.48. The highest BCUT2D eigenvalue weighted by molar-refractivity contribution is 5.91. The largest absolute Gasteiger partial charge is 0.416 e. The Bertz CT molecular complexity index is 595. The van der Waals surface area contributed by atoms with Crippen LogP contribution < -0.4 is 0 Å². The standard InChI is InChI=1S/C14H12F6O/c1-12(2)9-5-7(13(15,16)17)6-10(14(18,19)20)8(9)3-4-11(12)21/h5-6H,3-4H2,1-2H3. The van der Waals surface area contributed by atoms with Crippen LogP contribution in [0.5, 0.6) is 0 Å². The lowest BCUT2D eigenvalue weighted by atomic mass is 9.70. The topological polar surface area (TPSA) is 17.1 Å². The molecule has 0 aliphatic heterocycles. The van der Waals surface area contributed by atoms with Crippen LogP contribution in [0, 0.1) is 0 Å². The average Bonchev–Trinajstić information content (AvgIpc) is 2.31. The number of benzene rings is 1. The Hall–Kier alpha value is -1.53. The second-order valence-electron chi connectivity index (χ2n) is 5.59. The van der Waals surface area contributed by atoms with Crippen LogP contribution in [-0.2, 0) is 29.0 Å². The van der Waals surface area contributed by atoms with Crippen molar-refractivity contribution in [1.29, 1.82) is 0 Å². The summed E-state index contributed by atoms with van der Waals surface area (Å²) in [4.78, 5) is 11.8. The Labute approximate surface area is 116 Å². The van der Waals surface area contributed by atoms with Gasteiger partial charge in [0, 0.05) is 11.8 Å². The zero-order valence-corrected chi connectivity index (χ0v) is 11.2. The summed E-state index contributed by atoms with van der Waals surface area (Å²) in [6, 6.07) is 0.798. The zero-order valence-electron chi connectivity index (χ0n) is 11.2. The van der Waals surface area contributed by atoms with Gasteiger partial charge in [0.1, 0.15) is 5.78 Å². The van der Waals surface area contributed by atoms with Crippen LogP contribution in [0.2, 0.25) is 0 Å². The molecule has 1 aliphatic rings. The van der Waals surface area contributed by atoms with Gasteiger partial charge in [-0.15, -0.1) is 0 Å². The molecule has 1 aliphatic carbocycles. The lowest BCUT2D eigenvalue weighted by Crippen LogP contribution is -2.36. The van der Waals surface area contributed by atoms with E-state index < -0.39 is 28.9 Å². The Kier molecular flexibility index (Phi) is 3.38. The number of halogens is 6. The molecule has 1 nitrogen and oxygen atoms in total. The third-order valence-corrected chi connectivity index (χ3v) is 3.86. The van der Waals surface area contributed by atoms with Gasteiger partial charge in [0.2, 0.25) is 0 Å². The van der Waals surface area contributed by atoms with Gasteiger partial charge in [-0.3, -0.25) is 4.79 Å². The Balaban J connectivity index is 2.81. The highest BCUT2D eigenvalue weighted by Gasteiger charge is 2.44. The van der Waals surface area contributed by atoms with Crippen LogP contribution in [0.25, 0.3) is 0 Å². The first-order valence-corrected chi connectivity index (χ1v) is 6.20. The van der Waals surface area contributed by atoms with Crippen LogP contribution in [-0.4, -0.2) is 5.78 Å². The number of hydrogen-bond acceptors (Lipinski definition) is 1. The molecule has 21 heavy (non-hydrogen) atoms. The van der Waals surface area contributed by atoms with Gasteiger partial charge in [-0.1, -0.05) is 0 Å². The summed E-state index contributed by atoms with van der Waals surface area (Å²) >= 11 is 0. The summed E-state index contributed by atoms with van der Waals surface area (Å²) < 4.78 is 77.6. The van der Waals surface area contributed by atoms with Crippen molar-refractivity contribution in [3.63, 3.8) is 0 Å². The maximum absolute atomic E-state index is 13.0. The van der Waals surface area contributed by atoms with E-state index in [-0.39, 0.29) is 35.8 Å². The minimum absolute atomic E-state index is 0.103. The van der Waals surface area contributed by atoms with Crippen LogP contribution in [0.4, 0.5) is 26.3 Å². The number of carbonyl (C=O) groups is 1. The molecular formula is C14H12F6O. The maximum atomic E-state index is 13.0. The predicted molar refractivity (Wildman–Crippen MR) is 62.8 cm³/mol. The summed E-state index contributed by atoms with van der Waals surface area (Å²) in [6.45, 7) is 2.71. The number of carbonyl (C=O) groups excluding carboxylic acids is 1. The normalized spacial score (nSPS) is 18.6. The van der Waals surface area contributed by atoms with E-state index in [1.807, 2.05) is 0 Å². The Morgan fingerprint density at radius 2 is 1.52 bits per heavy atom. The number of rotatable bonds is 0. The molecule has 0 atom stereocenters. The molecule has 0 saturated heterocycles. The van der Waals surface area contributed by atoms with Crippen molar-refractivity contribution in [1.82, 2.24) is 0 Å². The van der Waals surface area contributed by atoms with Gasteiger partial charge in [-0.2, -0.15) is 26.3 Å². The smallest absolute Gasteiger partial charge is 0.299 e. The first-order chi connectivity index (χ1) is 9.35. The molecule has 0 saturated carbocycles. The lowest BCUT2D eigenvalue weighted by Gasteiger charge is -2.33. The number of ketones is 1. The van der Waals surface area contributed by atoms with Crippen molar-refractivity contribution < 1.29 is 31.1 Å². The molecule has 0 heterocycles. The van der Waals surface area contributed by atoms with E-state index in [2.05, 4.69) is 0 Å². The molecule has 0 fully saturated rings. The highest BCUT2D eigenvalue weighted by Crippen LogP contribution is 2.44. The molecule has 0 bridgehead atoms. The minimum atomic E-state index is -4.90. The van der Waals surface area contributed by atoms with Crippen LogP contribution in [0.15, 0.2) is 12.1 Å². The molecule has 0 amide bonds. The van der Waals surface area contributed by atoms with Crippen LogP contribution >= 0.6 is 0 Å². The third kappa shape index (κ3) is 2.65. The van der Waals surface area contributed by atoms with Gasteiger partial charge in [-0.25, -0.2) is 0 Å². The van der Waals surface area contributed by atoms with Crippen molar-refractivity contribution in [3.8, 4) is 0 Å². The van der Waals surface area contributed by atoms with Gasteiger partial charge in [0.25, 0.3) is 0 Å². The molecule has 1 aromatic rings. The molecule has 1 aromatic carbocycles. The fourth-order valence-corrected chi connectivity index (χ4v) is 2.62. The number of Topliss-reactive ketones (excluding diaryl/α,β-unsaturated/α-hetero) is 1. The summed E-state index contributed by atoms with van der Waals surface area (Å²) in [5.41, 5.74) is -4.42. The van der Waals surface area contributed by atoms with Gasteiger partial charge in [0.05, 0.1) is 11.1 Å². The molecule has 0 radical (unpaired) electrons. The molecule has 0 spiro atoms. The molecule has 7 heteroatoms. The highest BCUT2D eigenvalue weighted by atomic mass is 19.4. The molecule has 0 unspecified atom stereocenters. The summed E-state index contributed by atoms with van der Waals surface area (Å²) in [5.74, 6) is -0.359. The number of fused-ring (bicyclic) bond motifs is 1. The molecule has 116 valence electrons. The van der Waals surface area contributed by atoms with Crippen molar-refractivity contribution in [2.24, 2.45) is 0 Å². The molecule has 2 rings (SSSR count). The zero-order chi connectivity index (χ0) is 16.2. The van der Waals surface area contributed by atoms with E-state index in [0.29, 0.717) is 6.07 Å². The first kappa shape index (κ1) is 15.9. The minimum Gasteiger partial charge on any atom is -0.299 e. The quantitative estimate of drug-likeness (QED) is 0.644. The van der Waals surface area contributed by atoms with Crippen molar-refractivity contribution >= 4 is 5.78 Å². The van der Waals surface area contributed by atoms with Gasteiger partial charge < -0.3 is 0 Å².